The minimum atomic E-state index is -0.850. The largest absolute Gasteiger partial charge is 0.254 e. The molecule has 0 saturated heterocycles. The lowest BCUT2D eigenvalue weighted by atomic mass is 10.3. The molecule has 0 aliphatic rings. The van der Waals surface area contributed by atoms with Crippen LogP contribution in [0, 0.1) is 6.92 Å². The Morgan fingerprint density at radius 2 is 1.38 bits per heavy atom. The summed E-state index contributed by atoms with van der Waals surface area (Å²) in [5, 5.41) is 0. The minimum Gasteiger partial charge on any atom is -0.254 e. The molecule has 0 spiro atoms. The Kier molecular flexibility index (Phi) is 9.16. The first-order chi connectivity index (χ1) is 10.2. The summed E-state index contributed by atoms with van der Waals surface area (Å²) in [4.78, 5) is 4.81. The van der Waals surface area contributed by atoms with Crippen LogP contribution in [0.15, 0.2) is 18.2 Å². The normalized spacial score (nSPS) is 11.8. The SMILES string of the molecule is CCCC[P+](CCCC)(CCCC)Cc1cccc(C)n1. The number of hydrogen-bond acceptors (Lipinski definition) is 1. The number of aromatic nitrogens is 1. The van der Waals surface area contributed by atoms with Gasteiger partial charge in [-0.2, -0.15) is 0 Å². The van der Waals surface area contributed by atoms with Crippen LogP contribution in [-0.2, 0) is 6.16 Å². The molecule has 0 atom stereocenters. The summed E-state index contributed by atoms with van der Waals surface area (Å²) < 4.78 is 0. The van der Waals surface area contributed by atoms with Crippen molar-refractivity contribution in [1.82, 2.24) is 4.98 Å². The van der Waals surface area contributed by atoms with Gasteiger partial charge in [-0.05, 0) is 38.3 Å². The summed E-state index contributed by atoms with van der Waals surface area (Å²) in [6.07, 6.45) is 14.0. The maximum absolute atomic E-state index is 4.81. The highest BCUT2D eigenvalue weighted by atomic mass is 31.2. The van der Waals surface area contributed by atoms with Crippen LogP contribution in [0.5, 0.6) is 0 Å². The van der Waals surface area contributed by atoms with Crippen LogP contribution in [-0.4, -0.2) is 23.5 Å². The summed E-state index contributed by atoms with van der Waals surface area (Å²) in [6, 6.07) is 6.56. The van der Waals surface area contributed by atoms with E-state index in [4.69, 9.17) is 4.98 Å². The van der Waals surface area contributed by atoms with Gasteiger partial charge in [0, 0.05) is 13.0 Å². The van der Waals surface area contributed by atoms with Gasteiger partial charge in [-0.15, -0.1) is 0 Å². The molecule has 0 radical (unpaired) electrons. The summed E-state index contributed by atoms with van der Waals surface area (Å²) in [6.45, 7) is 9.12. The quantitative estimate of drug-likeness (QED) is 0.437. The maximum Gasteiger partial charge on any atom is 0.101 e. The Morgan fingerprint density at radius 1 is 0.857 bits per heavy atom. The van der Waals surface area contributed by atoms with E-state index in [0.717, 1.165) is 0 Å². The number of pyridine rings is 1. The van der Waals surface area contributed by atoms with Crippen LogP contribution in [0.1, 0.15) is 70.7 Å². The summed E-state index contributed by atoms with van der Waals surface area (Å²) in [7, 11) is -0.850. The molecule has 2 heteroatoms. The van der Waals surface area contributed by atoms with Crippen LogP contribution < -0.4 is 0 Å². The second-order valence-electron chi connectivity index (χ2n) is 6.50. The van der Waals surface area contributed by atoms with Crippen LogP contribution >= 0.6 is 7.26 Å². The number of unbranched alkanes of at least 4 members (excludes halogenated alkanes) is 3. The molecular formula is C19H35NP+. The first-order valence-corrected chi connectivity index (χ1v) is 11.5. The van der Waals surface area contributed by atoms with Crippen molar-refractivity contribution in [2.45, 2.75) is 72.4 Å². The maximum atomic E-state index is 4.81. The molecule has 0 N–H and O–H groups in total. The van der Waals surface area contributed by atoms with Gasteiger partial charge in [-0.1, -0.05) is 46.1 Å². The van der Waals surface area contributed by atoms with Gasteiger partial charge in [-0.3, -0.25) is 4.98 Å². The topological polar surface area (TPSA) is 12.9 Å². The first-order valence-electron chi connectivity index (χ1n) is 8.93. The van der Waals surface area contributed by atoms with Crippen LogP contribution in [0.4, 0.5) is 0 Å². The van der Waals surface area contributed by atoms with Gasteiger partial charge >= 0.3 is 0 Å². The Balaban J connectivity index is 2.88. The number of hydrogen-bond donors (Lipinski definition) is 0. The van der Waals surface area contributed by atoms with Crippen molar-refractivity contribution < 1.29 is 0 Å². The molecule has 0 saturated carbocycles. The fourth-order valence-corrected chi connectivity index (χ4v) is 8.05. The zero-order valence-electron chi connectivity index (χ0n) is 14.7. The lowest BCUT2D eigenvalue weighted by molar-refractivity contribution is 0.830. The fourth-order valence-electron chi connectivity index (χ4n) is 3.08. The Hall–Kier alpha value is -0.420. The molecule has 1 aromatic rings. The molecule has 0 aliphatic heterocycles. The third kappa shape index (κ3) is 6.92. The highest BCUT2D eigenvalue weighted by molar-refractivity contribution is 7.75. The lowest BCUT2D eigenvalue weighted by Gasteiger charge is -2.27. The summed E-state index contributed by atoms with van der Waals surface area (Å²) in [5.74, 6) is 0. The van der Waals surface area contributed by atoms with E-state index in [0.29, 0.717) is 0 Å². The van der Waals surface area contributed by atoms with Crippen LogP contribution in [0.25, 0.3) is 0 Å². The Labute approximate surface area is 133 Å². The fraction of sp³-hybridized carbons (Fsp3) is 0.737. The van der Waals surface area contributed by atoms with Crippen molar-refractivity contribution in [3.8, 4) is 0 Å². The van der Waals surface area contributed by atoms with Gasteiger partial charge in [0.05, 0.1) is 24.2 Å². The molecule has 120 valence electrons. The van der Waals surface area contributed by atoms with Crippen LogP contribution in [0.2, 0.25) is 0 Å². The van der Waals surface area contributed by atoms with E-state index >= 15 is 0 Å². The van der Waals surface area contributed by atoms with Gasteiger partial charge in [-0.25, -0.2) is 0 Å². The third-order valence-electron chi connectivity index (χ3n) is 4.40. The van der Waals surface area contributed by atoms with E-state index in [9.17, 15) is 0 Å². The number of rotatable bonds is 11. The lowest BCUT2D eigenvalue weighted by Crippen LogP contribution is -2.12. The van der Waals surface area contributed by atoms with Crippen molar-refractivity contribution in [2.75, 3.05) is 18.5 Å². The second kappa shape index (κ2) is 10.3. The third-order valence-corrected chi connectivity index (χ3v) is 9.19. The molecule has 1 heterocycles. The van der Waals surface area contributed by atoms with Crippen molar-refractivity contribution >= 4 is 7.26 Å². The van der Waals surface area contributed by atoms with Gasteiger partial charge in [0.25, 0.3) is 0 Å². The van der Waals surface area contributed by atoms with E-state index in [2.05, 4.69) is 45.9 Å². The van der Waals surface area contributed by atoms with Crippen molar-refractivity contribution in [2.24, 2.45) is 0 Å². The second-order valence-corrected chi connectivity index (χ2v) is 10.8. The van der Waals surface area contributed by atoms with E-state index in [-0.39, 0.29) is 0 Å². The van der Waals surface area contributed by atoms with Crippen LogP contribution in [0.3, 0.4) is 0 Å². The summed E-state index contributed by atoms with van der Waals surface area (Å²) in [5.41, 5.74) is 2.53. The highest BCUT2D eigenvalue weighted by Crippen LogP contribution is 2.63. The molecule has 1 aromatic heterocycles. The molecule has 1 rings (SSSR count). The number of nitrogens with zero attached hydrogens (tertiary/aromatic N) is 1. The monoisotopic (exact) mass is 308 g/mol. The molecule has 0 fully saturated rings. The smallest absolute Gasteiger partial charge is 0.101 e. The predicted octanol–water partition coefficient (Wildman–Crippen LogP) is 6.31. The van der Waals surface area contributed by atoms with Gasteiger partial charge in [0.1, 0.15) is 6.16 Å². The van der Waals surface area contributed by atoms with E-state index in [1.807, 2.05) is 0 Å². The van der Waals surface area contributed by atoms with Crippen molar-refractivity contribution in [3.63, 3.8) is 0 Å². The molecule has 0 amide bonds. The Morgan fingerprint density at radius 3 is 1.81 bits per heavy atom. The average molecular weight is 308 g/mol. The predicted molar refractivity (Wildman–Crippen MR) is 98.9 cm³/mol. The standard InChI is InChI=1S/C19H35NP/c1-5-8-14-21(15-9-6-2,16-10-7-3)17-19-13-11-12-18(4)20-19/h11-13H,5-10,14-17H2,1-4H3/q+1. The molecule has 0 bridgehead atoms. The minimum absolute atomic E-state index is 0.850. The van der Waals surface area contributed by atoms with Crippen molar-refractivity contribution in [3.05, 3.63) is 29.6 Å². The van der Waals surface area contributed by atoms with Gasteiger partial charge in [0.2, 0.25) is 0 Å². The summed E-state index contributed by atoms with van der Waals surface area (Å²) >= 11 is 0. The molecule has 0 aliphatic carbocycles. The van der Waals surface area contributed by atoms with E-state index in [1.165, 1.54) is 74.6 Å². The van der Waals surface area contributed by atoms with Gasteiger partial charge in [0.15, 0.2) is 0 Å². The van der Waals surface area contributed by atoms with Gasteiger partial charge < -0.3 is 0 Å². The van der Waals surface area contributed by atoms with E-state index < -0.39 is 7.26 Å². The molecule has 1 nitrogen and oxygen atoms in total. The van der Waals surface area contributed by atoms with E-state index in [1.54, 1.807) is 0 Å². The molecule has 21 heavy (non-hydrogen) atoms. The zero-order chi connectivity index (χ0) is 15.6. The van der Waals surface area contributed by atoms with Crippen molar-refractivity contribution in [1.29, 1.82) is 0 Å². The molecular weight excluding hydrogens is 273 g/mol. The molecule has 0 aromatic carbocycles. The Bertz CT molecular complexity index is 367. The first kappa shape index (κ1) is 18.6. The average Bonchev–Trinajstić information content (AvgIpc) is 2.48. The number of aryl methyl sites for hydroxylation is 1. The zero-order valence-corrected chi connectivity index (χ0v) is 15.6. The molecule has 0 unspecified atom stereocenters. The highest BCUT2D eigenvalue weighted by Gasteiger charge is 2.36.